The summed E-state index contributed by atoms with van der Waals surface area (Å²) < 4.78 is 14.9. The van der Waals surface area contributed by atoms with E-state index < -0.39 is 0 Å². The van der Waals surface area contributed by atoms with Gasteiger partial charge in [-0.25, -0.2) is 9.37 Å². The minimum atomic E-state index is -0.365. The second-order valence-electron chi connectivity index (χ2n) is 5.88. The van der Waals surface area contributed by atoms with Crippen molar-refractivity contribution < 1.29 is 14.0 Å². The van der Waals surface area contributed by atoms with E-state index in [-0.39, 0.29) is 17.6 Å². The molecule has 0 spiro atoms. The topological polar surface area (TPSA) is 76.0 Å². The second kappa shape index (κ2) is 8.71. The van der Waals surface area contributed by atoms with Crippen LogP contribution in [-0.2, 0) is 4.79 Å². The van der Waals surface area contributed by atoms with Crippen LogP contribution >= 0.6 is 11.8 Å². The molecular formula is C20H19FN4O2S. The summed E-state index contributed by atoms with van der Waals surface area (Å²) in [6.45, 7) is 1.76. The molecule has 0 aliphatic carbocycles. The van der Waals surface area contributed by atoms with Crippen LogP contribution in [0.2, 0.25) is 0 Å². The van der Waals surface area contributed by atoms with Crippen molar-refractivity contribution in [3.8, 4) is 5.69 Å². The van der Waals surface area contributed by atoms with Gasteiger partial charge in [0, 0.05) is 23.5 Å². The fraction of sp³-hybridized carbons (Fsp3) is 0.150. The highest BCUT2D eigenvalue weighted by atomic mass is 32.2. The summed E-state index contributed by atoms with van der Waals surface area (Å²) in [5.41, 5.74) is 2.09. The predicted octanol–water partition coefficient (Wildman–Crippen LogP) is 4.33. The van der Waals surface area contributed by atoms with E-state index >= 15 is 0 Å². The maximum Gasteiger partial charge on any atom is 0.274 e. The zero-order valence-corrected chi connectivity index (χ0v) is 16.2. The highest BCUT2D eigenvalue weighted by Crippen LogP contribution is 2.23. The lowest BCUT2D eigenvalue weighted by molar-refractivity contribution is -0.115. The molecule has 28 heavy (non-hydrogen) atoms. The van der Waals surface area contributed by atoms with Crippen LogP contribution in [0.25, 0.3) is 5.69 Å². The number of aromatic nitrogens is 2. The molecule has 3 aromatic rings. The second-order valence-corrected chi connectivity index (χ2v) is 6.65. The average molecular weight is 398 g/mol. The molecule has 8 heteroatoms. The van der Waals surface area contributed by atoms with E-state index in [2.05, 4.69) is 15.6 Å². The number of amides is 2. The van der Waals surface area contributed by atoms with Gasteiger partial charge in [0.1, 0.15) is 11.5 Å². The van der Waals surface area contributed by atoms with Crippen molar-refractivity contribution in [1.29, 1.82) is 0 Å². The molecule has 0 atom stereocenters. The molecule has 2 N–H and O–H groups in total. The Balaban J connectivity index is 1.87. The standard InChI is InChI=1S/C20H19FN4O2S/c1-3-18(26)23-14-5-4-6-15(11-14)24-19(27)17-12-22-20(28-2)25(17)16-9-7-13(21)8-10-16/h4-12H,3H2,1-2H3,(H,23,26)(H,24,27). The summed E-state index contributed by atoms with van der Waals surface area (Å²) in [6.07, 6.45) is 3.70. The molecule has 6 nitrogen and oxygen atoms in total. The molecule has 0 aliphatic heterocycles. The molecule has 144 valence electrons. The lowest BCUT2D eigenvalue weighted by Gasteiger charge is -2.12. The smallest absolute Gasteiger partial charge is 0.274 e. The number of imidazole rings is 1. The number of carbonyl (C=O) groups is 2. The third-order valence-electron chi connectivity index (χ3n) is 3.95. The van der Waals surface area contributed by atoms with Gasteiger partial charge >= 0.3 is 0 Å². The van der Waals surface area contributed by atoms with Crippen molar-refractivity contribution in [1.82, 2.24) is 9.55 Å². The van der Waals surface area contributed by atoms with Gasteiger partial charge in [-0.05, 0) is 48.7 Å². The zero-order valence-electron chi connectivity index (χ0n) is 15.4. The summed E-state index contributed by atoms with van der Waals surface area (Å²) in [5.74, 6) is -0.829. The van der Waals surface area contributed by atoms with E-state index in [0.717, 1.165) is 0 Å². The Hall–Kier alpha value is -3.13. The summed E-state index contributed by atoms with van der Waals surface area (Å²) in [4.78, 5) is 28.7. The molecule has 0 bridgehead atoms. The molecule has 0 unspecified atom stereocenters. The number of nitrogens with zero attached hydrogens (tertiary/aromatic N) is 2. The van der Waals surface area contributed by atoms with Gasteiger partial charge < -0.3 is 10.6 Å². The van der Waals surface area contributed by atoms with Crippen LogP contribution < -0.4 is 10.6 Å². The number of nitrogens with one attached hydrogen (secondary N) is 2. The molecule has 0 fully saturated rings. The molecule has 0 radical (unpaired) electrons. The highest BCUT2D eigenvalue weighted by molar-refractivity contribution is 7.98. The minimum Gasteiger partial charge on any atom is -0.326 e. The number of benzene rings is 2. The largest absolute Gasteiger partial charge is 0.326 e. The number of halogens is 1. The Morgan fingerprint density at radius 2 is 1.79 bits per heavy atom. The molecule has 0 saturated heterocycles. The quantitative estimate of drug-likeness (QED) is 0.606. The Morgan fingerprint density at radius 1 is 1.11 bits per heavy atom. The molecule has 0 saturated carbocycles. The van der Waals surface area contributed by atoms with E-state index in [1.807, 2.05) is 6.26 Å². The number of thioether (sulfide) groups is 1. The van der Waals surface area contributed by atoms with Crippen LogP contribution in [0, 0.1) is 5.82 Å². The molecule has 2 amide bonds. The fourth-order valence-electron chi connectivity index (χ4n) is 2.60. The van der Waals surface area contributed by atoms with Gasteiger partial charge in [0.15, 0.2) is 5.16 Å². The molecule has 3 rings (SSSR count). The van der Waals surface area contributed by atoms with E-state index in [1.54, 1.807) is 47.9 Å². The summed E-state index contributed by atoms with van der Waals surface area (Å²) in [7, 11) is 0. The first-order chi connectivity index (χ1) is 13.5. The lowest BCUT2D eigenvalue weighted by atomic mass is 10.2. The molecule has 0 aliphatic rings. The summed E-state index contributed by atoms with van der Waals surface area (Å²) in [5, 5.41) is 6.18. The Kier molecular flexibility index (Phi) is 6.10. The van der Waals surface area contributed by atoms with Crippen molar-refractivity contribution in [3.63, 3.8) is 0 Å². The first kappa shape index (κ1) is 19.6. The Labute approximate surface area is 166 Å². The van der Waals surface area contributed by atoms with Gasteiger partial charge in [-0.2, -0.15) is 0 Å². The van der Waals surface area contributed by atoms with Crippen LogP contribution in [0.15, 0.2) is 59.9 Å². The molecular weight excluding hydrogens is 379 g/mol. The van der Waals surface area contributed by atoms with Gasteiger partial charge in [0.2, 0.25) is 5.91 Å². The minimum absolute atomic E-state index is 0.109. The number of hydrogen-bond donors (Lipinski definition) is 2. The average Bonchev–Trinajstić information content (AvgIpc) is 3.13. The van der Waals surface area contributed by atoms with Crippen molar-refractivity contribution in [2.45, 2.75) is 18.5 Å². The van der Waals surface area contributed by atoms with Crippen LogP contribution in [0.1, 0.15) is 23.8 Å². The van der Waals surface area contributed by atoms with E-state index in [0.29, 0.717) is 34.3 Å². The number of hydrogen-bond acceptors (Lipinski definition) is 4. The van der Waals surface area contributed by atoms with Crippen LogP contribution in [0.3, 0.4) is 0 Å². The van der Waals surface area contributed by atoms with Gasteiger partial charge in [-0.1, -0.05) is 24.8 Å². The van der Waals surface area contributed by atoms with Crippen LogP contribution in [-0.4, -0.2) is 27.6 Å². The maximum atomic E-state index is 13.3. The molecule has 1 aromatic heterocycles. The third kappa shape index (κ3) is 4.40. The first-order valence-corrected chi connectivity index (χ1v) is 9.83. The number of rotatable bonds is 6. The first-order valence-electron chi connectivity index (χ1n) is 8.60. The SMILES string of the molecule is CCC(=O)Nc1cccc(NC(=O)c2cnc(SC)n2-c2ccc(F)cc2)c1. The van der Waals surface area contributed by atoms with Crippen molar-refractivity contribution in [3.05, 3.63) is 66.2 Å². The molecule has 2 aromatic carbocycles. The predicted molar refractivity (Wildman–Crippen MR) is 109 cm³/mol. The van der Waals surface area contributed by atoms with Crippen LogP contribution in [0.5, 0.6) is 0 Å². The van der Waals surface area contributed by atoms with Crippen molar-refractivity contribution >= 4 is 35.0 Å². The third-order valence-corrected chi connectivity index (χ3v) is 4.61. The lowest BCUT2D eigenvalue weighted by Crippen LogP contribution is -2.17. The summed E-state index contributed by atoms with van der Waals surface area (Å²) >= 11 is 1.38. The Bertz CT molecular complexity index is 1000. The van der Waals surface area contributed by atoms with Crippen LogP contribution in [0.4, 0.5) is 15.8 Å². The molecule has 1 heterocycles. The van der Waals surface area contributed by atoms with Crippen molar-refractivity contribution in [2.24, 2.45) is 0 Å². The maximum absolute atomic E-state index is 13.3. The Morgan fingerprint density at radius 3 is 2.43 bits per heavy atom. The fourth-order valence-corrected chi connectivity index (χ4v) is 3.14. The number of carbonyl (C=O) groups excluding carboxylic acids is 2. The van der Waals surface area contributed by atoms with Gasteiger partial charge in [-0.3, -0.25) is 14.2 Å². The van der Waals surface area contributed by atoms with E-state index in [4.69, 9.17) is 0 Å². The highest BCUT2D eigenvalue weighted by Gasteiger charge is 2.18. The zero-order chi connectivity index (χ0) is 20.1. The normalized spacial score (nSPS) is 10.5. The number of anilines is 2. The summed E-state index contributed by atoms with van der Waals surface area (Å²) in [6, 6.07) is 12.8. The van der Waals surface area contributed by atoms with Gasteiger partial charge in [0.25, 0.3) is 5.91 Å². The van der Waals surface area contributed by atoms with E-state index in [9.17, 15) is 14.0 Å². The monoisotopic (exact) mass is 398 g/mol. The van der Waals surface area contributed by atoms with Gasteiger partial charge in [0.05, 0.1) is 6.20 Å². The van der Waals surface area contributed by atoms with Gasteiger partial charge in [-0.15, -0.1) is 0 Å². The van der Waals surface area contributed by atoms with Crippen molar-refractivity contribution in [2.75, 3.05) is 16.9 Å². The van der Waals surface area contributed by atoms with E-state index in [1.165, 1.54) is 30.1 Å².